The summed E-state index contributed by atoms with van der Waals surface area (Å²) in [5.41, 5.74) is 0.865. The van der Waals surface area contributed by atoms with Crippen LogP contribution in [0.15, 0.2) is 42.5 Å². The van der Waals surface area contributed by atoms with E-state index in [0.717, 1.165) is 16.3 Å². The van der Waals surface area contributed by atoms with Gasteiger partial charge in [-0.2, -0.15) is 0 Å². The normalized spacial score (nSPS) is 11.7. The van der Waals surface area contributed by atoms with Crippen LogP contribution in [0.2, 0.25) is 0 Å². The monoisotopic (exact) mass is 358 g/mol. The minimum Gasteiger partial charge on any atom is -0.480 e. The number of carboxylic acids is 1. The van der Waals surface area contributed by atoms with Crippen LogP contribution in [-0.2, 0) is 25.5 Å². The molecule has 2 rings (SSSR count). The fourth-order valence-corrected chi connectivity index (χ4v) is 2.60. The van der Waals surface area contributed by atoms with Crippen molar-refractivity contribution in [2.45, 2.75) is 18.9 Å². The van der Waals surface area contributed by atoms with E-state index in [4.69, 9.17) is 9.84 Å². The molecule has 2 amide bonds. The van der Waals surface area contributed by atoms with Gasteiger partial charge >= 0.3 is 5.97 Å². The second-order valence-corrected chi connectivity index (χ2v) is 5.83. The van der Waals surface area contributed by atoms with Crippen LogP contribution in [0.25, 0.3) is 10.8 Å². The summed E-state index contributed by atoms with van der Waals surface area (Å²) in [6, 6.07) is 12.4. The number of hydrogen-bond donors (Lipinski definition) is 3. The molecule has 0 aromatic heterocycles. The van der Waals surface area contributed by atoms with Gasteiger partial charge in [-0.1, -0.05) is 42.5 Å². The highest BCUT2D eigenvalue weighted by Gasteiger charge is 2.19. The molecule has 0 saturated heterocycles. The smallest absolute Gasteiger partial charge is 0.326 e. The fourth-order valence-electron chi connectivity index (χ4n) is 2.60. The molecule has 1 unspecified atom stereocenters. The number of ether oxygens (including phenoxy) is 1. The summed E-state index contributed by atoms with van der Waals surface area (Å²) < 4.78 is 4.82. The minimum atomic E-state index is -1.14. The predicted octanol–water partition coefficient (Wildman–Crippen LogP) is 1.10. The maximum absolute atomic E-state index is 12.1. The Morgan fingerprint density at radius 3 is 2.54 bits per heavy atom. The molecule has 3 N–H and O–H groups in total. The lowest BCUT2D eigenvalue weighted by molar-refractivity contribution is -0.142. The van der Waals surface area contributed by atoms with Crippen LogP contribution in [0.5, 0.6) is 0 Å². The van der Waals surface area contributed by atoms with E-state index < -0.39 is 17.9 Å². The van der Waals surface area contributed by atoms with Crippen molar-refractivity contribution in [3.8, 4) is 0 Å². The lowest BCUT2D eigenvalue weighted by atomic mass is 10.0. The van der Waals surface area contributed by atoms with E-state index in [2.05, 4.69) is 10.6 Å². The standard InChI is InChI=1S/C19H22N2O5/c1-26-10-9-16(19(24)25)21-18(23)12-20-17(22)11-14-7-4-6-13-5-2-3-8-15(13)14/h2-8,16H,9-12H2,1H3,(H,20,22)(H,21,23)(H,24,25). The molecule has 26 heavy (non-hydrogen) atoms. The molecular weight excluding hydrogens is 336 g/mol. The van der Waals surface area contributed by atoms with Crippen LogP contribution in [0, 0.1) is 0 Å². The van der Waals surface area contributed by atoms with E-state index >= 15 is 0 Å². The van der Waals surface area contributed by atoms with Gasteiger partial charge < -0.3 is 20.5 Å². The van der Waals surface area contributed by atoms with Gasteiger partial charge in [-0.05, 0) is 16.3 Å². The van der Waals surface area contributed by atoms with Gasteiger partial charge in [0.15, 0.2) is 0 Å². The van der Waals surface area contributed by atoms with Crippen LogP contribution < -0.4 is 10.6 Å². The van der Waals surface area contributed by atoms with Gasteiger partial charge in [0.2, 0.25) is 11.8 Å². The van der Waals surface area contributed by atoms with Crippen molar-refractivity contribution in [3.05, 3.63) is 48.0 Å². The number of methoxy groups -OCH3 is 1. The number of carbonyl (C=O) groups is 3. The second kappa shape index (κ2) is 9.53. The molecule has 0 saturated carbocycles. The first-order chi connectivity index (χ1) is 12.5. The van der Waals surface area contributed by atoms with Gasteiger partial charge in [-0.25, -0.2) is 4.79 Å². The molecule has 1 atom stereocenters. The Morgan fingerprint density at radius 1 is 1.08 bits per heavy atom. The quantitative estimate of drug-likeness (QED) is 0.623. The zero-order valence-corrected chi connectivity index (χ0v) is 14.5. The molecule has 0 heterocycles. The van der Waals surface area contributed by atoms with Gasteiger partial charge in [-0.15, -0.1) is 0 Å². The Hall–Kier alpha value is -2.93. The molecule has 0 bridgehead atoms. The molecule has 7 heteroatoms. The summed E-state index contributed by atoms with van der Waals surface area (Å²) in [5.74, 6) is -2.00. The number of aliphatic carboxylic acids is 1. The summed E-state index contributed by atoms with van der Waals surface area (Å²) in [5, 5.41) is 16.0. The lowest BCUT2D eigenvalue weighted by Gasteiger charge is -2.14. The minimum absolute atomic E-state index is 0.140. The lowest BCUT2D eigenvalue weighted by Crippen LogP contribution is -2.46. The van der Waals surface area contributed by atoms with E-state index in [1.165, 1.54) is 7.11 Å². The average molecular weight is 358 g/mol. The van der Waals surface area contributed by atoms with Gasteiger partial charge in [-0.3, -0.25) is 9.59 Å². The zero-order valence-electron chi connectivity index (χ0n) is 14.5. The number of carboxylic acid groups (broad SMARTS) is 1. The molecule has 0 spiro atoms. The third-order valence-electron chi connectivity index (χ3n) is 3.92. The molecule has 7 nitrogen and oxygen atoms in total. The van der Waals surface area contributed by atoms with Crippen LogP contribution in [0.4, 0.5) is 0 Å². The Balaban J connectivity index is 1.87. The van der Waals surface area contributed by atoms with Crippen molar-refractivity contribution < 1.29 is 24.2 Å². The van der Waals surface area contributed by atoms with Crippen molar-refractivity contribution in [2.24, 2.45) is 0 Å². The number of carbonyl (C=O) groups excluding carboxylic acids is 2. The molecule has 138 valence electrons. The topological polar surface area (TPSA) is 105 Å². The first-order valence-electron chi connectivity index (χ1n) is 8.25. The molecular formula is C19H22N2O5. The van der Waals surface area contributed by atoms with Gasteiger partial charge in [0.25, 0.3) is 0 Å². The number of hydrogen-bond acceptors (Lipinski definition) is 4. The fraction of sp³-hybridized carbons (Fsp3) is 0.316. The van der Waals surface area contributed by atoms with Crippen LogP contribution >= 0.6 is 0 Å². The number of benzene rings is 2. The molecule has 0 fully saturated rings. The summed E-state index contributed by atoms with van der Waals surface area (Å²) in [4.78, 5) is 35.1. The van der Waals surface area contributed by atoms with Gasteiger partial charge in [0.1, 0.15) is 6.04 Å². The van der Waals surface area contributed by atoms with Gasteiger partial charge in [0, 0.05) is 20.1 Å². The SMILES string of the molecule is COCCC(NC(=O)CNC(=O)Cc1cccc2ccccc12)C(=O)O. The van der Waals surface area contributed by atoms with Crippen molar-refractivity contribution >= 4 is 28.6 Å². The Labute approximate surface area is 151 Å². The maximum atomic E-state index is 12.1. The number of fused-ring (bicyclic) bond motifs is 1. The highest BCUT2D eigenvalue weighted by atomic mass is 16.5. The van der Waals surface area contributed by atoms with Crippen molar-refractivity contribution in [1.82, 2.24) is 10.6 Å². The second-order valence-electron chi connectivity index (χ2n) is 5.83. The third kappa shape index (κ3) is 5.56. The van der Waals surface area contributed by atoms with Crippen LogP contribution in [0.3, 0.4) is 0 Å². The van der Waals surface area contributed by atoms with Crippen molar-refractivity contribution in [3.63, 3.8) is 0 Å². The van der Waals surface area contributed by atoms with Crippen molar-refractivity contribution in [1.29, 1.82) is 0 Å². The predicted molar refractivity (Wildman–Crippen MR) is 96.7 cm³/mol. The largest absolute Gasteiger partial charge is 0.480 e. The Kier molecular flexibility index (Phi) is 7.11. The van der Waals surface area contributed by atoms with Crippen LogP contribution in [0.1, 0.15) is 12.0 Å². The first kappa shape index (κ1) is 19.4. The highest BCUT2D eigenvalue weighted by molar-refractivity contribution is 5.92. The number of rotatable bonds is 9. The molecule has 0 radical (unpaired) electrons. The van der Waals surface area contributed by atoms with Crippen LogP contribution in [-0.4, -0.2) is 49.2 Å². The van der Waals surface area contributed by atoms with E-state index in [1.54, 1.807) is 0 Å². The third-order valence-corrected chi connectivity index (χ3v) is 3.92. The van der Waals surface area contributed by atoms with Gasteiger partial charge in [0.05, 0.1) is 13.0 Å². The Bertz CT molecular complexity index is 785. The first-order valence-corrected chi connectivity index (χ1v) is 8.25. The molecule has 2 aromatic rings. The molecule has 0 aliphatic rings. The molecule has 2 aromatic carbocycles. The number of nitrogens with one attached hydrogen (secondary N) is 2. The van der Waals surface area contributed by atoms with E-state index in [-0.39, 0.29) is 31.9 Å². The summed E-state index contributed by atoms with van der Waals surface area (Å²) >= 11 is 0. The maximum Gasteiger partial charge on any atom is 0.326 e. The van der Waals surface area contributed by atoms with Crippen molar-refractivity contribution in [2.75, 3.05) is 20.3 Å². The van der Waals surface area contributed by atoms with E-state index in [1.807, 2.05) is 42.5 Å². The Morgan fingerprint density at radius 2 is 1.81 bits per heavy atom. The summed E-state index contributed by atoms with van der Waals surface area (Å²) in [6.07, 6.45) is 0.294. The zero-order chi connectivity index (χ0) is 18.9. The van der Waals surface area contributed by atoms with E-state index in [9.17, 15) is 14.4 Å². The summed E-state index contributed by atoms with van der Waals surface area (Å²) in [6.45, 7) is -0.0644. The molecule has 0 aliphatic heterocycles. The average Bonchev–Trinajstić information content (AvgIpc) is 2.63. The summed E-state index contributed by atoms with van der Waals surface area (Å²) in [7, 11) is 1.45. The van der Waals surface area contributed by atoms with E-state index in [0.29, 0.717) is 0 Å². The highest BCUT2D eigenvalue weighted by Crippen LogP contribution is 2.18. The number of amides is 2. The molecule has 0 aliphatic carbocycles.